The molecule has 0 spiro atoms. The maximum absolute atomic E-state index is 12.0. The van der Waals surface area contributed by atoms with Gasteiger partial charge in [0.25, 0.3) is 0 Å². The van der Waals surface area contributed by atoms with Crippen molar-refractivity contribution in [2.75, 3.05) is 7.11 Å². The van der Waals surface area contributed by atoms with Gasteiger partial charge in [0.2, 0.25) is 5.91 Å². The Morgan fingerprint density at radius 2 is 2.00 bits per heavy atom. The van der Waals surface area contributed by atoms with Crippen LogP contribution < -0.4 is 5.32 Å². The summed E-state index contributed by atoms with van der Waals surface area (Å²) in [6.07, 6.45) is 5.68. The van der Waals surface area contributed by atoms with E-state index in [1.807, 2.05) is 12.1 Å². The number of amides is 1. The molecule has 0 saturated heterocycles. The Morgan fingerprint density at radius 1 is 1.30 bits per heavy atom. The Kier molecular flexibility index (Phi) is 5.41. The minimum absolute atomic E-state index is 0.0759. The molecule has 1 aliphatic rings. The molecule has 0 radical (unpaired) electrons. The van der Waals surface area contributed by atoms with E-state index in [0.717, 1.165) is 24.8 Å². The van der Waals surface area contributed by atoms with Crippen LogP contribution in [0.3, 0.4) is 0 Å². The second-order valence-corrected chi connectivity index (χ2v) is 5.40. The van der Waals surface area contributed by atoms with E-state index in [4.69, 9.17) is 4.74 Å². The molecule has 4 heteroatoms. The van der Waals surface area contributed by atoms with Gasteiger partial charge in [-0.05, 0) is 37.0 Å². The summed E-state index contributed by atoms with van der Waals surface area (Å²) in [5, 5.41) is 12.3. The molecule has 1 amide bonds. The highest BCUT2D eigenvalue weighted by Gasteiger charge is 2.25. The van der Waals surface area contributed by atoms with Crippen molar-refractivity contribution in [1.29, 1.82) is 0 Å². The first kappa shape index (κ1) is 14.9. The Morgan fingerprint density at radius 3 is 2.70 bits per heavy atom. The lowest BCUT2D eigenvalue weighted by Gasteiger charge is -2.31. The Balaban J connectivity index is 1.78. The zero-order chi connectivity index (χ0) is 14.4. The van der Waals surface area contributed by atoms with Gasteiger partial charge in [-0.3, -0.25) is 4.79 Å². The van der Waals surface area contributed by atoms with Gasteiger partial charge in [0.05, 0.1) is 12.1 Å². The SMILES string of the molecule is CO[C@@H]1CCCC[C@@H]1NC(=O)CCc1ccc(O)cc1. The quantitative estimate of drug-likeness (QED) is 0.869. The summed E-state index contributed by atoms with van der Waals surface area (Å²) < 4.78 is 5.44. The summed E-state index contributed by atoms with van der Waals surface area (Å²) in [5.41, 5.74) is 1.06. The number of hydrogen-bond acceptors (Lipinski definition) is 3. The van der Waals surface area contributed by atoms with E-state index < -0.39 is 0 Å². The lowest BCUT2D eigenvalue weighted by Crippen LogP contribution is -2.46. The van der Waals surface area contributed by atoms with E-state index in [9.17, 15) is 9.90 Å². The molecule has 2 N–H and O–H groups in total. The first-order valence-corrected chi connectivity index (χ1v) is 7.29. The van der Waals surface area contributed by atoms with Gasteiger partial charge < -0.3 is 15.2 Å². The fourth-order valence-electron chi connectivity index (χ4n) is 2.74. The van der Waals surface area contributed by atoms with Gasteiger partial charge in [-0.15, -0.1) is 0 Å². The summed E-state index contributed by atoms with van der Waals surface area (Å²) in [6.45, 7) is 0. The first-order valence-electron chi connectivity index (χ1n) is 7.29. The van der Waals surface area contributed by atoms with Crippen LogP contribution in [0.4, 0.5) is 0 Å². The minimum atomic E-state index is 0.0759. The van der Waals surface area contributed by atoms with Gasteiger partial charge in [0.15, 0.2) is 0 Å². The molecule has 0 bridgehead atoms. The van der Waals surface area contributed by atoms with Crippen LogP contribution in [0.1, 0.15) is 37.7 Å². The molecule has 1 saturated carbocycles. The highest BCUT2D eigenvalue weighted by Crippen LogP contribution is 2.21. The molecule has 2 rings (SSSR count). The standard InChI is InChI=1S/C16H23NO3/c1-20-15-5-3-2-4-14(15)17-16(19)11-8-12-6-9-13(18)10-7-12/h6-7,9-10,14-15,18H,2-5,8,11H2,1H3,(H,17,19)/t14-,15+/m0/s1. The van der Waals surface area contributed by atoms with Crippen molar-refractivity contribution >= 4 is 5.91 Å². The largest absolute Gasteiger partial charge is 0.508 e. The lowest BCUT2D eigenvalue weighted by molar-refractivity contribution is -0.123. The number of phenols is 1. The van der Waals surface area contributed by atoms with Crippen molar-refractivity contribution in [3.63, 3.8) is 0 Å². The van der Waals surface area contributed by atoms with Gasteiger partial charge in [0, 0.05) is 13.5 Å². The average Bonchev–Trinajstić information content (AvgIpc) is 2.47. The van der Waals surface area contributed by atoms with Crippen molar-refractivity contribution < 1.29 is 14.6 Å². The van der Waals surface area contributed by atoms with E-state index in [-0.39, 0.29) is 23.8 Å². The fourth-order valence-corrected chi connectivity index (χ4v) is 2.74. The summed E-state index contributed by atoms with van der Waals surface area (Å²) >= 11 is 0. The van der Waals surface area contributed by atoms with E-state index in [2.05, 4.69) is 5.32 Å². The van der Waals surface area contributed by atoms with Crippen molar-refractivity contribution in [1.82, 2.24) is 5.32 Å². The van der Waals surface area contributed by atoms with Gasteiger partial charge in [-0.1, -0.05) is 25.0 Å². The first-order chi connectivity index (χ1) is 9.69. The van der Waals surface area contributed by atoms with Crippen molar-refractivity contribution in [3.05, 3.63) is 29.8 Å². The van der Waals surface area contributed by atoms with Crippen molar-refractivity contribution in [2.45, 2.75) is 50.7 Å². The molecule has 0 unspecified atom stereocenters. The fraction of sp³-hybridized carbons (Fsp3) is 0.562. The molecule has 110 valence electrons. The number of methoxy groups -OCH3 is 1. The van der Waals surface area contributed by atoms with Crippen LogP contribution in [0.25, 0.3) is 0 Å². The highest BCUT2D eigenvalue weighted by molar-refractivity contribution is 5.76. The molecule has 20 heavy (non-hydrogen) atoms. The maximum atomic E-state index is 12.0. The molecular weight excluding hydrogens is 254 g/mol. The number of carbonyl (C=O) groups is 1. The smallest absolute Gasteiger partial charge is 0.220 e. The number of carbonyl (C=O) groups excluding carboxylic acids is 1. The molecule has 0 aromatic heterocycles. The van der Waals surface area contributed by atoms with E-state index in [0.29, 0.717) is 12.8 Å². The highest BCUT2D eigenvalue weighted by atomic mass is 16.5. The van der Waals surface area contributed by atoms with Crippen LogP contribution in [-0.4, -0.2) is 30.3 Å². The van der Waals surface area contributed by atoms with Crippen LogP contribution >= 0.6 is 0 Å². The number of aryl methyl sites for hydroxylation is 1. The van der Waals surface area contributed by atoms with Gasteiger partial charge >= 0.3 is 0 Å². The third-order valence-electron chi connectivity index (χ3n) is 3.93. The molecule has 1 aliphatic carbocycles. The van der Waals surface area contributed by atoms with Crippen molar-refractivity contribution in [2.24, 2.45) is 0 Å². The predicted octanol–water partition coefficient (Wildman–Crippen LogP) is 2.40. The number of hydrogen-bond donors (Lipinski definition) is 2. The number of phenolic OH excluding ortho intramolecular Hbond substituents is 1. The predicted molar refractivity (Wildman–Crippen MR) is 77.6 cm³/mol. The summed E-state index contributed by atoms with van der Waals surface area (Å²) in [6, 6.07) is 7.15. The summed E-state index contributed by atoms with van der Waals surface area (Å²) in [4.78, 5) is 12.0. The van der Waals surface area contributed by atoms with Crippen LogP contribution in [-0.2, 0) is 16.0 Å². The maximum Gasteiger partial charge on any atom is 0.220 e. The Labute approximate surface area is 120 Å². The van der Waals surface area contributed by atoms with Crippen molar-refractivity contribution in [3.8, 4) is 5.75 Å². The molecule has 0 heterocycles. The Hall–Kier alpha value is -1.55. The van der Waals surface area contributed by atoms with Crippen LogP contribution in [0.2, 0.25) is 0 Å². The number of benzene rings is 1. The lowest BCUT2D eigenvalue weighted by atomic mass is 9.92. The zero-order valence-corrected chi connectivity index (χ0v) is 12.0. The molecule has 0 aliphatic heterocycles. The van der Waals surface area contributed by atoms with Crippen LogP contribution in [0.15, 0.2) is 24.3 Å². The minimum Gasteiger partial charge on any atom is -0.508 e. The van der Waals surface area contributed by atoms with Gasteiger partial charge in [-0.25, -0.2) is 0 Å². The Bertz CT molecular complexity index is 430. The van der Waals surface area contributed by atoms with Gasteiger partial charge in [0.1, 0.15) is 5.75 Å². The molecule has 1 fully saturated rings. The molecule has 4 nitrogen and oxygen atoms in total. The molecule has 1 aromatic rings. The molecule has 1 aromatic carbocycles. The van der Waals surface area contributed by atoms with Crippen LogP contribution in [0.5, 0.6) is 5.75 Å². The van der Waals surface area contributed by atoms with Crippen LogP contribution in [0, 0.1) is 0 Å². The zero-order valence-electron chi connectivity index (χ0n) is 12.0. The second-order valence-electron chi connectivity index (χ2n) is 5.40. The van der Waals surface area contributed by atoms with Gasteiger partial charge in [-0.2, -0.15) is 0 Å². The summed E-state index contributed by atoms with van der Waals surface area (Å²) in [7, 11) is 1.71. The van der Waals surface area contributed by atoms with E-state index in [1.165, 1.54) is 6.42 Å². The monoisotopic (exact) mass is 277 g/mol. The van der Waals surface area contributed by atoms with E-state index in [1.54, 1.807) is 19.2 Å². The number of rotatable bonds is 5. The topological polar surface area (TPSA) is 58.6 Å². The molecular formula is C16H23NO3. The third-order valence-corrected chi connectivity index (χ3v) is 3.93. The number of nitrogens with one attached hydrogen (secondary N) is 1. The number of ether oxygens (including phenoxy) is 1. The second kappa shape index (κ2) is 7.29. The average molecular weight is 277 g/mol. The normalized spacial score (nSPS) is 22.4. The van der Waals surface area contributed by atoms with E-state index >= 15 is 0 Å². The number of aromatic hydroxyl groups is 1. The molecule has 2 atom stereocenters. The third kappa shape index (κ3) is 4.23. The summed E-state index contributed by atoms with van der Waals surface area (Å²) in [5.74, 6) is 0.329.